The molecule has 0 aliphatic carbocycles. The van der Waals surface area contributed by atoms with E-state index in [0.29, 0.717) is 12.0 Å². The van der Waals surface area contributed by atoms with Gasteiger partial charge in [0.1, 0.15) is 18.3 Å². The number of hydrogen-bond donors (Lipinski definition) is 0. The van der Waals surface area contributed by atoms with Crippen molar-refractivity contribution in [3.05, 3.63) is 48.2 Å². The topological polar surface area (TPSA) is 18.5 Å². The third-order valence-corrected chi connectivity index (χ3v) is 1.86. The molecule has 0 radical (unpaired) electrons. The summed E-state index contributed by atoms with van der Waals surface area (Å²) < 4.78 is 23.2. The summed E-state index contributed by atoms with van der Waals surface area (Å²) in [4.78, 5) is 0. The minimum absolute atomic E-state index is 0.221. The molecule has 1 aromatic rings. The monoisotopic (exact) mass is 180 g/mol. The van der Waals surface area contributed by atoms with E-state index in [-0.39, 0.29) is 12.1 Å². The maximum Gasteiger partial charge on any atom is 0.243 e. The molecule has 3 heteroatoms. The molecule has 1 aromatic carbocycles. The predicted octanol–water partition coefficient (Wildman–Crippen LogP) is 2.21. The fourth-order valence-electron chi connectivity index (χ4n) is 1.21. The van der Waals surface area contributed by atoms with Gasteiger partial charge < -0.3 is 9.47 Å². The summed E-state index contributed by atoms with van der Waals surface area (Å²) in [6.45, 7) is 0. The Morgan fingerprint density at radius 2 is 1.85 bits per heavy atom. The Morgan fingerprint density at radius 1 is 1.15 bits per heavy atom. The molecule has 0 fully saturated rings. The largest absolute Gasteiger partial charge is 0.459 e. The molecule has 1 heterocycles. The molecule has 0 unspecified atom stereocenters. The normalized spacial score (nSPS) is 15.5. The first-order valence-electron chi connectivity index (χ1n) is 4.05. The number of halogens is 1. The summed E-state index contributed by atoms with van der Waals surface area (Å²) in [5.74, 6) is -0.221. The van der Waals surface area contributed by atoms with Gasteiger partial charge in [0.2, 0.25) is 6.29 Å². The average molecular weight is 180 g/mol. The van der Waals surface area contributed by atoms with E-state index in [0.717, 1.165) is 0 Å². The van der Waals surface area contributed by atoms with E-state index >= 15 is 0 Å². The minimum Gasteiger partial charge on any atom is -0.459 e. The fourth-order valence-corrected chi connectivity index (χ4v) is 1.21. The zero-order chi connectivity index (χ0) is 9.10. The van der Waals surface area contributed by atoms with Gasteiger partial charge in [-0.2, -0.15) is 0 Å². The minimum atomic E-state index is -0.378. The molecule has 0 saturated heterocycles. The van der Waals surface area contributed by atoms with Crippen LogP contribution in [-0.4, -0.2) is 6.29 Å². The van der Waals surface area contributed by atoms with Gasteiger partial charge in [0, 0.05) is 6.42 Å². The Morgan fingerprint density at radius 3 is 2.54 bits per heavy atom. The standard InChI is InChI=1S/C10H9FO2/c11-9-4-2-1-3-8(9)7-10-12-5-6-13-10/h1-6,10H,7H2. The van der Waals surface area contributed by atoms with E-state index in [9.17, 15) is 4.39 Å². The van der Waals surface area contributed by atoms with Gasteiger partial charge in [-0.25, -0.2) is 4.39 Å². The molecular formula is C10H9FO2. The van der Waals surface area contributed by atoms with Crippen LogP contribution < -0.4 is 0 Å². The van der Waals surface area contributed by atoms with Crippen molar-refractivity contribution in [1.82, 2.24) is 0 Å². The van der Waals surface area contributed by atoms with Gasteiger partial charge in [0.25, 0.3) is 0 Å². The van der Waals surface area contributed by atoms with E-state index in [1.54, 1.807) is 18.2 Å². The molecule has 1 aliphatic rings. The maximum absolute atomic E-state index is 13.1. The maximum atomic E-state index is 13.1. The Hall–Kier alpha value is -1.51. The zero-order valence-corrected chi connectivity index (χ0v) is 6.94. The lowest BCUT2D eigenvalue weighted by molar-refractivity contribution is -0.0214. The van der Waals surface area contributed by atoms with Crippen molar-refractivity contribution in [1.29, 1.82) is 0 Å². The van der Waals surface area contributed by atoms with Crippen molar-refractivity contribution >= 4 is 0 Å². The second kappa shape index (κ2) is 3.47. The highest BCUT2D eigenvalue weighted by Crippen LogP contribution is 2.14. The summed E-state index contributed by atoms with van der Waals surface area (Å²) in [6.07, 6.45) is 2.98. The van der Waals surface area contributed by atoms with E-state index in [4.69, 9.17) is 9.47 Å². The van der Waals surface area contributed by atoms with Crippen LogP contribution in [0.2, 0.25) is 0 Å². The highest BCUT2D eigenvalue weighted by Gasteiger charge is 2.14. The molecule has 0 amide bonds. The third-order valence-electron chi connectivity index (χ3n) is 1.86. The molecule has 0 bridgehead atoms. The van der Waals surface area contributed by atoms with E-state index < -0.39 is 0 Å². The van der Waals surface area contributed by atoms with E-state index in [1.165, 1.54) is 18.6 Å². The number of ether oxygens (including phenoxy) is 2. The van der Waals surface area contributed by atoms with E-state index in [2.05, 4.69) is 0 Å². The van der Waals surface area contributed by atoms with Gasteiger partial charge in [-0.15, -0.1) is 0 Å². The van der Waals surface area contributed by atoms with Crippen LogP contribution >= 0.6 is 0 Å². The molecule has 0 atom stereocenters. The van der Waals surface area contributed by atoms with Gasteiger partial charge >= 0.3 is 0 Å². The highest BCUT2D eigenvalue weighted by atomic mass is 19.1. The van der Waals surface area contributed by atoms with Crippen LogP contribution in [0, 0.1) is 5.82 Å². The molecule has 0 N–H and O–H groups in total. The molecule has 2 nitrogen and oxygen atoms in total. The Bertz CT molecular complexity index is 314. The summed E-state index contributed by atoms with van der Waals surface area (Å²) in [7, 11) is 0. The molecule has 13 heavy (non-hydrogen) atoms. The lowest BCUT2D eigenvalue weighted by Gasteiger charge is -2.10. The van der Waals surface area contributed by atoms with Crippen LogP contribution in [-0.2, 0) is 15.9 Å². The Labute approximate surface area is 75.6 Å². The lowest BCUT2D eigenvalue weighted by atomic mass is 10.1. The molecule has 1 aliphatic heterocycles. The Balaban J connectivity index is 2.05. The first-order chi connectivity index (χ1) is 6.36. The van der Waals surface area contributed by atoms with Crippen molar-refractivity contribution in [2.75, 3.05) is 0 Å². The molecule has 0 saturated carbocycles. The van der Waals surface area contributed by atoms with Crippen LogP contribution in [0.1, 0.15) is 5.56 Å². The van der Waals surface area contributed by atoms with Crippen LogP contribution in [0.15, 0.2) is 36.8 Å². The van der Waals surface area contributed by atoms with Gasteiger partial charge in [0.05, 0.1) is 0 Å². The van der Waals surface area contributed by atoms with Gasteiger partial charge in [0.15, 0.2) is 0 Å². The summed E-state index contributed by atoms with van der Waals surface area (Å²) in [5, 5.41) is 0. The van der Waals surface area contributed by atoms with Crippen LogP contribution in [0.5, 0.6) is 0 Å². The van der Waals surface area contributed by atoms with Gasteiger partial charge in [-0.1, -0.05) is 18.2 Å². The first-order valence-corrected chi connectivity index (χ1v) is 4.05. The molecule has 0 spiro atoms. The quantitative estimate of drug-likeness (QED) is 0.694. The lowest BCUT2D eigenvalue weighted by Crippen LogP contribution is -2.11. The molecular weight excluding hydrogens is 171 g/mol. The van der Waals surface area contributed by atoms with Crippen molar-refractivity contribution in [3.8, 4) is 0 Å². The number of rotatable bonds is 2. The summed E-state index contributed by atoms with van der Waals surface area (Å²) in [5.41, 5.74) is 0.608. The van der Waals surface area contributed by atoms with Crippen molar-refractivity contribution < 1.29 is 13.9 Å². The predicted molar refractivity (Wildman–Crippen MR) is 45.2 cm³/mol. The fraction of sp³-hybridized carbons (Fsp3) is 0.200. The average Bonchev–Trinajstić information content (AvgIpc) is 2.61. The summed E-state index contributed by atoms with van der Waals surface area (Å²) >= 11 is 0. The Kier molecular flexibility index (Phi) is 2.17. The van der Waals surface area contributed by atoms with Crippen molar-refractivity contribution in [2.45, 2.75) is 12.7 Å². The highest BCUT2D eigenvalue weighted by molar-refractivity contribution is 5.17. The zero-order valence-electron chi connectivity index (χ0n) is 6.94. The molecule has 68 valence electrons. The first kappa shape index (κ1) is 8.10. The van der Waals surface area contributed by atoms with Gasteiger partial charge in [-0.05, 0) is 11.6 Å². The van der Waals surface area contributed by atoms with Gasteiger partial charge in [-0.3, -0.25) is 0 Å². The third kappa shape index (κ3) is 1.80. The molecule has 2 rings (SSSR count). The van der Waals surface area contributed by atoms with Crippen molar-refractivity contribution in [2.24, 2.45) is 0 Å². The van der Waals surface area contributed by atoms with E-state index in [1.807, 2.05) is 0 Å². The number of hydrogen-bond acceptors (Lipinski definition) is 2. The molecule has 0 aromatic heterocycles. The smallest absolute Gasteiger partial charge is 0.243 e. The number of benzene rings is 1. The second-order valence-corrected chi connectivity index (χ2v) is 2.77. The van der Waals surface area contributed by atoms with Crippen LogP contribution in [0.25, 0.3) is 0 Å². The van der Waals surface area contributed by atoms with Crippen LogP contribution in [0.3, 0.4) is 0 Å². The van der Waals surface area contributed by atoms with Crippen LogP contribution in [0.4, 0.5) is 4.39 Å². The van der Waals surface area contributed by atoms with Crippen molar-refractivity contribution in [3.63, 3.8) is 0 Å². The second-order valence-electron chi connectivity index (χ2n) is 2.77. The summed E-state index contributed by atoms with van der Waals surface area (Å²) in [6, 6.07) is 6.60. The SMILES string of the molecule is Fc1ccccc1CC1OC=CO1.